The molecule has 0 bridgehead atoms. The molecule has 1 aromatic carbocycles. The van der Waals surface area contributed by atoms with Gasteiger partial charge in [-0.25, -0.2) is 0 Å². The van der Waals surface area contributed by atoms with E-state index in [4.69, 9.17) is 4.74 Å². The lowest BCUT2D eigenvalue weighted by Gasteiger charge is -2.34. The van der Waals surface area contributed by atoms with Crippen LogP contribution in [-0.2, 0) is 16.1 Å². The van der Waals surface area contributed by atoms with Crippen LogP contribution in [0.25, 0.3) is 0 Å². The number of rotatable bonds is 6. The Balaban J connectivity index is 1.98. The number of nitrogens with one attached hydrogen (secondary N) is 3. The van der Waals surface area contributed by atoms with E-state index in [-0.39, 0.29) is 11.8 Å². The third kappa shape index (κ3) is 4.30. The molecule has 2 amide bonds. The molecule has 1 saturated heterocycles. The molecule has 1 fully saturated rings. The van der Waals surface area contributed by atoms with Crippen LogP contribution in [-0.4, -0.2) is 44.2 Å². The number of methoxy groups -OCH3 is 1. The van der Waals surface area contributed by atoms with Gasteiger partial charge in [-0.3, -0.25) is 9.59 Å². The zero-order chi connectivity index (χ0) is 16.7. The maximum absolute atomic E-state index is 12.5. The maximum atomic E-state index is 12.5. The topological polar surface area (TPSA) is 79.5 Å². The van der Waals surface area contributed by atoms with Gasteiger partial charge in [-0.05, 0) is 50.6 Å². The van der Waals surface area contributed by atoms with Gasteiger partial charge in [-0.15, -0.1) is 0 Å². The summed E-state index contributed by atoms with van der Waals surface area (Å²) < 4.78 is 5.51. The molecule has 0 radical (unpaired) electrons. The van der Waals surface area contributed by atoms with Crippen LogP contribution in [0, 0.1) is 0 Å². The number of ether oxygens (including phenoxy) is 1. The van der Waals surface area contributed by atoms with E-state index in [1.807, 2.05) is 19.1 Å². The van der Waals surface area contributed by atoms with E-state index in [0.717, 1.165) is 18.7 Å². The van der Waals surface area contributed by atoms with Crippen LogP contribution in [0.2, 0.25) is 0 Å². The first-order valence-corrected chi connectivity index (χ1v) is 8.02. The van der Waals surface area contributed by atoms with Gasteiger partial charge in [0.2, 0.25) is 0 Å². The van der Waals surface area contributed by atoms with Crippen molar-refractivity contribution in [1.29, 1.82) is 0 Å². The van der Waals surface area contributed by atoms with Gasteiger partial charge in [0, 0.05) is 25.8 Å². The normalized spacial score (nSPS) is 16.6. The molecule has 6 heteroatoms. The monoisotopic (exact) mass is 319 g/mol. The van der Waals surface area contributed by atoms with Crippen molar-refractivity contribution in [3.05, 3.63) is 35.4 Å². The Labute approximate surface area is 137 Å². The summed E-state index contributed by atoms with van der Waals surface area (Å²) in [6, 6.07) is 7.28. The Hall–Kier alpha value is -1.92. The van der Waals surface area contributed by atoms with Gasteiger partial charge in [0.15, 0.2) is 0 Å². The van der Waals surface area contributed by atoms with Crippen molar-refractivity contribution in [2.45, 2.75) is 31.9 Å². The minimum absolute atomic E-state index is 0.0927. The van der Waals surface area contributed by atoms with Crippen molar-refractivity contribution in [3.63, 3.8) is 0 Å². The van der Waals surface area contributed by atoms with Gasteiger partial charge in [0.05, 0.1) is 0 Å². The lowest BCUT2D eigenvalue weighted by Crippen LogP contribution is -2.53. The number of carbonyl (C=O) groups excluding carboxylic acids is 2. The molecular formula is C17H25N3O3. The third-order valence-corrected chi connectivity index (χ3v) is 4.20. The van der Waals surface area contributed by atoms with Gasteiger partial charge in [0.25, 0.3) is 11.8 Å². The number of benzene rings is 1. The van der Waals surface area contributed by atoms with E-state index >= 15 is 0 Å². The number of piperidine rings is 1. The molecular weight excluding hydrogens is 294 g/mol. The quantitative estimate of drug-likeness (QED) is 0.725. The fourth-order valence-electron chi connectivity index (χ4n) is 2.78. The lowest BCUT2D eigenvalue weighted by atomic mass is 9.91. The van der Waals surface area contributed by atoms with Crippen LogP contribution in [0.3, 0.4) is 0 Å². The summed E-state index contributed by atoms with van der Waals surface area (Å²) in [5.74, 6) is -0.197. The fourth-order valence-corrected chi connectivity index (χ4v) is 2.78. The molecule has 23 heavy (non-hydrogen) atoms. The van der Waals surface area contributed by atoms with Crippen molar-refractivity contribution in [3.8, 4) is 0 Å². The number of carbonyl (C=O) groups is 2. The molecule has 0 atom stereocenters. The number of amides is 2. The van der Waals surface area contributed by atoms with Crippen molar-refractivity contribution in [2.75, 3.05) is 26.7 Å². The molecule has 1 heterocycles. The summed E-state index contributed by atoms with van der Waals surface area (Å²) in [4.78, 5) is 24.4. The zero-order valence-electron chi connectivity index (χ0n) is 13.8. The van der Waals surface area contributed by atoms with E-state index < -0.39 is 5.60 Å². The first-order chi connectivity index (χ1) is 11.1. The first kappa shape index (κ1) is 17.4. The second kappa shape index (κ2) is 8.08. The van der Waals surface area contributed by atoms with Crippen LogP contribution in [0.5, 0.6) is 0 Å². The van der Waals surface area contributed by atoms with Crippen molar-refractivity contribution >= 4 is 11.8 Å². The molecule has 0 saturated carbocycles. The SMILES string of the molecule is CCNC(=O)c1cccc(CNC(=O)C2(OC)CCNCC2)c1. The molecule has 6 nitrogen and oxygen atoms in total. The summed E-state index contributed by atoms with van der Waals surface area (Å²) in [7, 11) is 1.58. The van der Waals surface area contributed by atoms with Crippen LogP contribution in [0.1, 0.15) is 35.7 Å². The highest BCUT2D eigenvalue weighted by atomic mass is 16.5. The molecule has 0 spiro atoms. The minimum atomic E-state index is -0.748. The highest BCUT2D eigenvalue weighted by Crippen LogP contribution is 2.22. The Bertz CT molecular complexity index is 554. The summed E-state index contributed by atoms with van der Waals surface area (Å²) in [6.07, 6.45) is 1.32. The molecule has 0 aliphatic carbocycles. The second-order valence-corrected chi connectivity index (χ2v) is 5.69. The van der Waals surface area contributed by atoms with Crippen molar-refractivity contribution < 1.29 is 14.3 Å². The Morgan fingerprint density at radius 2 is 2.00 bits per heavy atom. The van der Waals surface area contributed by atoms with Gasteiger partial charge in [-0.1, -0.05) is 12.1 Å². The van der Waals surface area contributed by atoms with Gasteiger partial charge in [0.1, 0.15) is 5.60 Å². The van der Waals surface area contributed by atoms with Crippen LogP contribution >= 0.6 is 0 Å². The summed E-state index contributed by atoms with van der Waals surface area (Å²) >= 11 is 0. The molecule has 3 N–H and O–H groups in total. The van der Waals surface area contributed by atoms with Crippen molar-refractivity contribution in [1.82, 2.24) is 16.0 Å². The summed E-state index contributed by atoms with van der Waals surface area (Å²) in [5.41, 5.74) is 0.742. The average Bonchev–Trinajstić information content (AvgIpc) is 2.60. The zero-order valence-corrected chi connectivity index (χ0v) is 13.8. The standard InChI is InChI=1S/C17H25N3O3/c1-3-19-15(21)14-6-4-5-13(11-14)12-20-16(22)17(23-2)7-9-18-10-8-17/h4-6,11,18H,3,7-10,12H2,1-2H3,(H,19,21)(H,20,22). The second-order valence-electron chi connectivity index (χ2n) is 5.69. The Morgan fingerprint density at radius 1 is 1.26 bits per heavy atom. The predicted octanol–water partition coefficient (Wildman–Crippen LogP) is 0.821. The molecule has 0 unspecified atom stereocenters. The Morgan fingerprint density at radius 3 is 2.65 bits per heavy atom. The van der Waals surface area contributed by atoms with E-state index in [1.165, 1.54) is 0 Å². The first-order valence-electron chi connectivity index (χ1n) is 8.02. The van der Waals surface area contributed by atoms with E-state index in [0.29, 0.717) is 31.5 Å². The largest absolute Gasteiger partial charge is 0.368 e. The minimum Gasteiger partial charge on any atom is -0.368 e. The van der Waals surface area contributed by atoms with Gasteiger partial charge in [-0.2, -0.15) is 0 Å². The molecule has 2 rings (SSSR count). The van der Waals surface area contributed by atoms with E-state index in [9.17, 15) is 9.59 Å². The number of hydrogen-bond donors (Lipinski definition) is 3. The predicted molar refractivity (Wildman–Crippen MR) is 88.1 cm³/mol. The molecule has 0 aromatic heterocycles. The third-order valence-electron chi connectivity index (χ3n) is 4.20. The lowest BCUT2D eigenvalue weighted by molar-refractivity contribution is -0.146. The van der Waals surface area contributed by atoms with Crippen molar-refractivity contribution in [2.24, 2.45) is 0 Å². The molecule has 126 valence electrons. The highest BCUT2D eigenvalue weighted by molar-refractivity contribution is 5.94. The molecule has 1 aliphatic heterocycles. The molecule has 1 aromatic rings. The maximum Gasteiger partial charge on any atom is 0.252 e. The fraction of sp³-hybridized carbons (Fsp3) is 0.529. The van der Waals surface area contributed by atoms with Gasteiger partial charge < -0.3 is 20.7 Å². The van der Waals surface area contributed by atoms with E-state index in [1.54, 1.807) is 19.2 Å². The summed E-state index contributed by atoms with van der Waals surface area (Å²) in [6.45, 7) is 4.39. The number of hydrogen-bond acceptors (Lipinski definition) is 4. The molecule has 1 aliphatic rings. The Kier molecular flexibility index (Phi) is 6.12. The average molecular weight is 319 g/mol. The summed E-state index contributed by atoms with van der Waals surface area (Å²) in [5, 5.41) is 8.93. The highest BCUT2D eigenvalue weighted by Gasteiger charge is 2.39. The smallest absolute Gasteiger partial charge is 0.252 e. The van der Waals surface area contributed by atoms with Crippen LogP contribution in [0.4, 0.5) is 0 Å². The van der Waals surface area contributed by atoms with E-state index in [2.05, 4.69) is 16.0 Å². The van der Waals surface area contributed by atoms with Crippen LogP contribution < -0.4 is 16.0 Å². The van der Waals surface area contributed by atoms with Crippen LogP contribution in [0.15, 0.2) is 24.3 Å². The van der Waals surface area contributed by atoms with Gasteiger partial charge >= 0.3 is 0 Å².